The van der Waals surface area contributed by atoms with E-state index in [1.54, 1.807) is 0 Å². The Morgan fingerprint density at radius 1 is 0.881 bits per heavy atom. The van der Waals surface area contributed by atoms with Crippen LogP contribution >= 0.6 is 35.2 Å². The number of nitrogens with zero attached hydrogens (tertiary/aromatic N) is 4. The summed E-state index contributed by atoms with van der Waals surface area (Å²) in [6.45, 7) is 2.69. The fourth-order valence-electron chi connectivity index (χ4n) is 6.85. The summed E-state index contributed by atoms with van der Waals surface area (Å²) in [5.41, 5.74) is 4.27. The summed E-state index contributed by atoms with van der Waals surface area (Å²) in [4.78, 5) is 88.3. The van der Waals surface area contributed by atoms with Crippen molar-refractivity contribution in [3.8, 4) is 0 Å². The maximum atomic E-state index is 12.7. The molecule has 67 heavy (non-hydrogen) atoms. The van der Waals surface area contributed by atoms with Gasteiger partial charge in [0.05, 0.1) is 25.6 Å². The van der Waals surface area contributed by atoms with Crippen LogP contribution in [0.1, 0.15) is 123 Å². The highest BCUT2D eigenvalue weighted by Crippen LogP contribution is 2.61. The average molecular weight is 1040 g/mol. The summed E-state index contributed by atoms with van der Waals surface area (Å²) >= 11 is 1.14. The van der Waals surface area contributed by atoms with Crippen LogP contribution in [0, 0.1) is 5.41 Å². The molecule has 0 spiro atoms. The zero-order valence-electron chi connectivity index (χ0n) is 38.0. The summed E-state index contributed by atoms with van der Waals surface area (Å²) in [6, 6.07) is 0. The number of fused-ring (bicyclic) bond motifs is 1. The molecule has 0 aliphatic carbocycles. The first-order valence-electron chi connectivity index (χ1n) is 22.2. The van der Waals surface area contributed by atoms with Gasteiger partial charge in [-0.1, -0.05) is 96.7 Å². The molecule has 384 valence electrons. The Hall–Kier alpha value is -2.48. The second kappa shape index (κ2) is 28.4. The number of imidazole rings is 1. The van der Waals surface area contributed by atoms with Gasteiger partial charge in [0.25, 0.3) is 0 Å². The van der Waals surface area contributed by atoms with Crippen LogP contribution in [-0.2, 0) is 50.7 Å². The van der Waals surface area contributed by atoms with Crippen LogP contribution in [0.2, 0.25) is 0 Å². The van der Waals surface area contributed by atoms with Crippen molar-refractivity contribution in [1.82, 2.24) is 30.2 Å². The van der Waals surface area contributed by atoms with Crippen LogP contribution in [0.3, 0.4) is 0 Å². The number of carbonyl (C=O) groups is 3. The Morgan fingerprint density at radius 2 is 1.51 bits per heavy atom. The molecule has 3 heterocycles. The molecule has 0 aromatic carbocycles. The Balaban J connectivity index is 1.30. The lowest BCUT2D eigenvalue weighted by molar-refractivity contribution is -0.137. The summed E-state index contributed by atoms with van der Waals surface area (Å²) in [5.74, 6) is -1.06. The minimum Gasteiger partial charge on any atom is -0.393 e. The number of amides is 2. The molecule has 0 radical (unpaired) electrons. The molecule has 0 bridgehead atoms. The lowest BCUT2D eigenvalue weighted by Crippen LogP contribution is -2.46. The number of anilines is 1. The Kier molecular flexibility index (Phi) is 24.9. The summed E-state index contributed by atoms with van der Waals surface area (Å²) in [7, 11) is -16.4. The molecule has 8 atom stereocenters. The number of hydrogen-bond acceptors (Lipinski definition) is 19. The minimum atomic E-state index is -5.58. The molecule has 1 fully saturated rings. The molecule has 8 unspecified atom stereocenters. The van der Waals surface area contributed by atoms with Gasteiger partial charge < -0.3 is 56.0 Å². The van der Waals surface area contributed by atoms with Gasteiger partial charge in [-0.05, 0) is 19.3 Å². The first-order chi connectivity index (χ1) is 31.4. The van der Waals surface area contributed by atoms with Crippen LogP contribution < -0.4 is 16.4 Å². The van der Waals surface area contributed by atoms with Crippen molar-refractivity contribution in [2.75, 3.05) is 37.8 Å². The Morgan fingerprint density at radius 3 is 2.16 bits per heavy atom. The normalized spacial score (nSPS) is 20.6. The average Bonchev–Trinajstić information content (AvgIpc) is 3.81. The molecule has 1 aliphatic rings. The number of nitrogens with two attached hydrogens (primary N) is 1. The number of hydrogen-bond donors (Lipinski definition) is 10. The van der Waals surface area contributed by atoms with E-state index in [2.05, 4.69) is 41.3 Å². The fourth-order valence-corrected chi connectivity index (χ4v) is 10.4. The van der Waals surface area contributed by atoms with Gasteiger partial charge >= 0.3 is 23.5 Å². The third kappa shape index (κ3) is 21.6. The van der Waals surface area contributed by atoms with Gasteiger partial charge in [0, 0.05) is 37.1 Å². The molecule has 3 rings (SSSR count). The lowest BCUT2D eigenvalue weighted by Gasteiger charge is -2.30. The van der Waals surface area contributed by atoms with E-state index in [1.807, 2.05) is 0 Å². The number of unbranched alkanes of at least 4 members (excludes halogenated alkanes) is 9. The highest BCUT2D eigenvalue weighted by Gasteiger charge is 2.50. The zero-order chi connectivity index (χ0) is 49.8. The quantitative estimate of drug-likeness (QED) is 0.0354. The number of carbonyl (C=O) groups excluding carboxylic acids is 3. The van der Waals surface area contributed by atoms with Crippen LogP contribution in [0.15, 0.2) is 12.7 Å². The topological polar surface area (TPSA) is 384 Å². The first-order valence-corrected chi connectivity index (χ1v) is 27.7. The van der Waals surface area contributed by atoms with Crippen molar-refractivity contribution in [3.05, 3.63) is 12.7 Å². The molecular weight excluding hydrogens is 967 g/mol. The van der Waals surface area contributed by atoms with Crippen LogP contribution in [0.25, 0.3) is 11.2 Å². The summed E-state index contributed by atoms with van der Waals surface area (Å²) in [5, 5.41) is 36.6. The van der Waals surface area contributed by atoms with E-state index in [1.165, 1.54) is 20.3 Å². The van der Waals surface area contributed by atoms with Crippen molar-refractivity contribution in [2.24, 2.45) is 5.41 Å². The highest BCUT2D eigenvalue weighted by molar-refractivity contribution is 8.13. The smallest absolute Gasteiger partial charge is 0.393 e. The van der Waals surface area contributed by atoms with Gasteiger partial charge in [-0.2, -0.15) is 4.31 Å². The standard InChI is InChI=1S/C38H68N7O18P3S/c1-4-5-12-15-26(46)16-13-10-8-6-7-9-11-14-17-29(48)67-21-20-40-28(47)18-19-41-36(51)33(50)38(2,3)23-60-66(57,58)63-65(55,56)59-22-27-32(62-64(52,53)54)31(49)37(61-27)45-25-44-30-34(39)42-24-43-35(30)45/h24-27,31-33,37,46,49-50H,4-23H2,1-3H3,(H,40,47)(H,41,51)(H,55,56)(H,57,58)(H2,39,42,43)(H2,52,53,54). The van der Waals surface area contributed by atoms with Gasteiger partial charge in [0.15, 0.2) is 22.8 Å². The number of aromatic nitrogens is 4. The molecule has 2 aromatic rings. The third-order valence-corrected chi connectivity index (χ3v) is 14.6. The predicted octanol–water partition coefficient (Wildman–Crippen LogP) is 3.51. The number of aliphatic hydroxyl groups is 3. The van der Waals surface area contributed by atoms with E-state index in [0.29, 0.717) is 12.2 Å². The third-order valence-electron chi connectivity index (χ3n) is 10.6. The summed E-state index contributed by atoms with van der Waals surface area (Å²) in [6.07, 6.45) is 7.03. The van der Waals surface area contributed by atoms with E-state index in [-0.39, 0.29) is 47.7 Å². The SMILES string of the molecule is CCCCCC(O)CCCCCCCCCCC(=O)SCCNC(=O)CCNC(=O)C(O)C(C)(C)COP(=O)(O)OP(=O)(O)OCC1OC(n2cnc3c(N)ncnc32)C(O)C1OP(=O)(O)O. The number of rotatable bonds is 34. The van der Waals surface area contributed by atoms with Gasteiger partial charge in [0.1, 0.15) is 36.3 Å². The monoisotopic (exact) mass is 1040 g/mol. The second-order valence-electron chi connectivity index (χ2n) is 16.8. The molecule has 25 nitrogen and oxygen atoms in total. The molecule has 1 aliphatic heterocycles. The van der Waals surface area contributed by atoms with E-state index < -0.39 is 84.6 Å². The number of ether oxygens (including phenoxy) is 1. The van der Waals surface area contributed by atoms with Crippen LogP contribution in [0.5, 0.6) is 0 Å². The second-order valence-corrected chi connectivity index (χ2v) is 22.2. The van der Waals surface area contributed by atoms with Gasteiger partial charge in [-0.15, -0.1) is 0 Å². The lowest BCUT2D eigenvalue weighted by atomic mass is 9.87. The predicted molar refractivity (Wildman–Crippen MR) is 243 cm³/mol. The molecule has 0 saturated carbocycles. The molecular formula is C38H68N7O18P3S. The number of phosphoric acid groups is 3. The number of aliphatic hydroxyl groups excluding tert-OH is 3. The van der Waals surface area contributed by atoms with Crippen LogP contribution in [-0.4, -0.2) is 134 Å². The Bertz CT molecular complexity index is 2010. The maximum absolute atomic E-state index is 12.7. The van der Waals surface area contributed by atoms with Crippen molar-refractivity contribution < 1.29 is 85.6 Å². The fraction of sp³-hybridized carbons (Fsp3) is 0.789. The van der Waals surface area contributed by atoms with Crippen molar-refractivity contribution in [1.29, 1.82) is 0 Å². The number of thioether (sulfide) groups is 1. The van der Waals surface area contributed by atoms with Gasteiger partial charge in [0.2, 0.25) is 11.8 Å². The van der Waals surface area contributed by atoms with E-state index in [9.17, 15) is 63.0 Å². The van der Waals surface area contributed by atoms with E-state index in [0.717, 1.165) is 106 Å². The molecule has 11 N–H and O–H groups in total. The van der Waals surface area contributed by atoms with Crippen LogP contribution in [0.4, 0.5) is 5.82 Å². The van der Waals surface area contributed by atoms with Crippen molar-refractivity contribution >= 4 is 69.1 Å². The first kappa shape index (κ1) is 58.8. The molecule has 29 heteroatoms. The Labute approximate surface area is 393 Å². The molecule has 1 saturated heterocycles. The van der Waals surface area contributed by atoms with Gasteiger partial charge in [-0.25, -0.2) is 28.6 Å². The van der Waals surface area contributed by atoms with Gasteiger partial charge in [-0.3, -0.25) is 32.5 Å². The van der Waals surface area contributed by atoms with E-state index >= 15 is 0 Å². The number of phosphoric ester groups is 3. The maximum Gasteiger partial charge on any atom is 0.481 e. The number of nitrogen functional groups attached to an aromatic ring is 1. The van der Waals surface area contributed by atoms with Crippen molar-refractivity contribution in [2.45, 2.75) is 154 Å². The molecule has 2 amide bonds. The van der Waals surface area contributed by atoms with E-state index in [4.69, 9.17) is 19.5 Å². The summed E-state index contributed by atoms with van der Waals surface area (Å²) < 4.78 is 62.4. The highest BCUT2D eigenvalue weighted by atomic mass is 32.2. The molecule has 2 aromatic heterocycles. The van der Waals surface area contributed by atoms with Crippen molar-refractivity contribution in [3.63, 3.8) is 0 Å². The minimum absolute atomic E-state index is 0.0307. The number of nitrogens with one attached hydrogen (secondary N) is 2. The zero-order valence-corrected chi connectivity index (χ0v) is 41.5. The largest absolute Gasteiger partial charge is 0.481 e.